The highest BCUT2D eigenvalue weighted by Gasteiger charge is 2.17. The molecule has 2 heterocycles. The number of fused-ring (bicyclic) bond motifs is 1. The normalized spacial score (nSPS) is 14.4. The lowest BCUT2D eigenvalue weighted by Crippen LogP contribution is -2.38. The maximum Gasteiger partial charge on any atom is 0.191 e. The molecule has 0 unspecified atom stereocenters. The van der Waals surface area contributed by atoms with E-state index in [1.807, 2.05) is 0 Å². The molecule has 0 radical (unpaired) electrons. The third-order valence-corrected chi connectivity index (χ3v) is 4.85. The summed E-state index contributed by atoms with van der Waals surface area (Å²) in [6, 6.07) is 8.90. The molecule has 6 heteroatoms. The second-order valence-electron chi connectivity index (χ2n) is 7.84. The topological polar surface area (TPSA) is 67.1 Å². The summed E-state index contributed by atoms with van der Waals surface area (Å²) in [5.41, 5.74) is 2.90. The van der Waals surface area contributed by atoms with Crippen molar-refractivity contribution in [3.63, 3.8) is 0 Å². The molecule has 0 saturated heterocycles. The van der Waals surface area contributed by atoms with Crippen LogP contribution in [0.15, 0.2) is 29.3 Å². The van der Waals surface area contributed by atoms with Crippen LogP contribution >= 0.6 is 0 Å². The fourth-order valence-electron chi connectivity index (χ4n) is 3.22. The monoisotopic (exact) mass is 354 g/mol. The van der Waals surface area contributed by atoms with Gasteiger partial charge in [-0.15, -0.1) is 10.2 Å². The van der Waals surface area contributed by atoms with Gasteiger partial charge in [-0.3, -0.25) is 4.99 Å². The minimum Gasteiger partial charge on any atom is -0.356 e. The molecule has 2 aromatic rings. The number of hydrogen-bond donors (Lipinski definition) is 2. The Morgan fingerprint density at radius 3 is 2.62 bits per heavy atom. The van der Waals surface area contributed by atoms with Crippen molar-refractivity contribution in [2.45, 2.75) is 58.5 Å². The molecular weight excluding hydrogens is 324 g/mol. The number of aromatic nitrogens is 3. The molecule has 1 aromatic carbocycles. The molecule has 140 valence electrons. The lowest BCUT2D eigenvalue weighted by atomic mass is 9.86. The Kier molecular flexibility index (Phi) is 5.59. The molecule has 0 aliphatic carbocycles. The van der Waals surface area contributed by atoms with Gasteiger partial charge in [-0.1, -0.05) is 45.0 Å². The van der Waals surface area contributed by atoms with Crippen LogP contribution in [0.4, 0.5) is 0 Å². The first-order valence-corrected chi connectivity index (χ1v) is 9.42. The fraction of sp³-hybridized carbons (Fsp3) is 0.550. The predicted octanol–water partition coefficient (Wildman–Crippen LogP) is 2.43. The standard InChI is InChI=1S/C20H30N6/c1-20(2,3)16-9-7-15(8-10-16)11-12-22-19(21-4)23-14-18-25-24-17-6-5-13-26(17)18/h7-10H,5-6,11-14H2,1-4H3,(H2,21,22,23). The molecule has 0 fully saturated rings. The number of hydrogen-bond acceptors (Lipinski definition) is 3. The van der Waals surface area contributed by atoms with Crippen LogP contribution in [-0.2, 0) is 31.3 Å². The molecule has 0 bridgehead atoms. The van der Waals surface area contributed by atoms with Crippen LogP contribution in [0.1, 0.15) is 50.0 Å². The summed E-state index contributed by atoms with van der Waals surface area (Å²) in [6.45, 7) is 9.23. The quantitative estimate of drug-likeness (QED) is 0.639. The third-order valence-electron chi connectivity index (χ3n) is 4.85. The Morgan fingerprint density at radius 1 is 1.15 bits per heavy atom. The summed E-state index contributed by atoms with van der Waals surface area (Å²) in [6.07, 6.45) is 3.16. The zero-order valence-corrected chi connectivity index (χ0v) is 16.3. The second-order valence-corrected chi connectivity index (χ2v) is 7.84. The van der Waals surface area contributed by atoms with E-state index in [4.69, 9.17) is 0 Å². The van der Waals surface area contributed by atoms with Crippen molar-refractivity contribution in [1.82, 2.24) is 25.4 Å². The van der Waals surface area contributed by atoms with Gasteiger partial charge < -0.3 is 15.2 Å². The molecule has 0 amide bonds. The molecule has 0 atom stereocenters. The van der Waals surface area contributed by atoms with Crippen LogP contribution in [0.3, 0.4) is 0 Å². The molecule has 6 nitrogen and oxygen atoms in total. The largest absolute Gasteiger partial charge is 0.356 e. The number of aryl methyl sites for hydroxylation is 1. The van der Waals surface area contributed by atoms with Gasteiger partial charge in [0.15, 0.2) is 11.8 Å². The van der Waals surface area contributed by atoms with E-state index in [1.165, 1.54) is 17.5 Å². The Labute approximate surface area is 156 Å². The molecule has 26 heavy (non-hydrogen) atoms. The predicted molar refractivity (Wildman–Crippen MR) is 105 cm³/mol. The lowest BCUT2D eigenvalue weighted by Gasteiger charge is -2.19. The van der Waals surface area contributed by atoms with Gasteiger partial charge in [0.25, 0.3) is 0 Å². The molecule has 1 aliphatic rings. The van der Waals surface area contributed by atoms with E-state index >= 15 is 0 Å². The van der Waals surface area contributed by atoms with Crippen molar-refractivity contribution >= 4 is 5.96 Å². The average molecular weight is 355 g/mol. The summed E-state index contributed by atoms with van der Waals surface area (Å²) < 4.78 is 2.21. The molecule has 1 aromatic heterocycles. The van der Waals surface area contributed by atoms with Gasteiger partial charge in [0, 0.05) is 26.6 Å². The SMILES string of the molecule is CN=C(NCCc1ccc(C(C)(C)C)cc1)NCc1nnc2n1CCC2. The fourth-order valence-corrected chi connectivity index (χ4v) is 3.22. The molecule has 3 rings (SSSR count). The van der Waals surface area contributed by atoms with E-state index in [2.05, 4.69) is 75.4 Å². The summed E-state index contributed by atoms with van der Waals surface area (Å²) >= 11 is 0. The Hall–Kier alpha value is -2.37. The summed E-state index contributed by atoms with van der Waals surface area (Å²) in [5, 5.41) is 15.2. The van der Waals surface area contributed by atoms with Crippen molar-refractivity contribution < 1.29 is 0 Å². The first-order chi connectivity index (χ1) is 12.5. The van der Waals surface area contributed by atoms with E-state index in [0.29, 0.717) is 6.54 Å². The van der Waals surface area contributed by atoms with Crippen LogP contribution in [0.2, 0.25) is 0 Å². The molecular formula is C20H30N6. The van der Waals surface area contributed by atoms with Crippen molar-refractivity contribution in [3.8, 4) is 0 Å². The minimum absolute atomic E-state index is 0.199. The number of nitrogens with zero attached hydrogens (tertiary/aromatic N) is 4. The average Bonchev–Trinajstić information content (AvgIpc) is 3.22. The third kappa shape index (κ3) is 4.42. The van der Waals surface area contributed by atoms with Gasteiger partial charge in [-0.25, -0.2) is 0 Å². The zero-order chi connectivity index (χ0) is 18.6. The van der Waals surface area contributed by atoms with Gasteiger partial charge >= 0.3 is 0 Å². The summed E-state index contributed by atoms with van der Waals surface area (Å²) in [4.78, 5) is 4.30. The van der Waals surface area contributed by atoms with Crippen LogP contribution < -0.4 is 10.6 Å². The highest BCUT2D eigenvalue weighted by Crippen LogP contribution is 2.22. The molecule has 1 aliphatic heterocycles. The highest BCUT2D eigenvalue weighted by molar-refractivity contribution is 5.79. The van der Waals surface area contributed by atoms with E-state index in [0.717, 1.165) is 43.5 Å². The van der Waals surface area contributed by atoms with Gasteiger partial charge in [-0.05, 0) is 29.4 Å². The molecule has 2 N–H and O–H groups in total. The van der Waals surface area contributed by atoms with Gasteiger partial charge in [0.1, 0.15) is 5.82 Å². The Balaban J connectivity index is 1.45. The number of guanidine groups is 1. The summed E-state index contributed by atoms with van der Waals surface area (Å²) in [7, 11) is 1.79. The number of benzene rings is 1. The van der Waals surface area contributed by atoms with Crippen molar-refractivity contribution in [1.29, 1.82) is 0 Å². The van der Waals surface area contributed by atoms with Crippen molar-refractivity contribution in [2.75, 3.05) is 13.6 Å². The van der Waals surface area contributed by atoms with Crippen LogP contribution in [-0.4, -0.2) is 34.3 Å². The van der Waals surface area contributed by atoms with E-state index in [-0.39, 0.29) is 5.41 Å². The smallest absolute Gasteiger partial charge is 0.191 e. The maximum absolute atomic E-state index is 4.30. The van der Waals surface area contributed by atoms with Gasteiger partial charge in [0.05, 0.1) is 6.54 Å². The Bertz CT molecular complexity index is 752. The van der Waals surface area contributed by atoms with E-state index in [9.17, 15) is 0 Å². The number of aliphatic imine (C=N–C) groups is 1. The van der Waals surface area contributed by atoms with E-state index in [1.54, 1.807) is 7.05 Å². The van der Waals surface area contributed by atoms with Crippen LogP contribution in [0.5, 0.6) is 0 Å². The van der Waals surface area contributed by atoms with Crippen molar-refractivity contribution in [3.05, 3.63) is 47.0 Å². The number of nitrogens with one attached hydrogen (secondary N) is 2. The second kappa shape index (κ2) is 7.89. The van der Waals surface area contributed by atoms with Crippen molar-refractivity contribution in [2.24, 2.45) is 4.99 Å². The minimum atomic E-state index is 0.199. The molecule has 0 saturated carbocycles. The number of rotatable bonds is 5. The van der Waals surface area contributed by atoms with E-state index < -0.39 is 0 Å². The van der Waals surface area contributed by atoms with Gasteiger partial charge in [-0.2, -0.15) is 0 Å². The molecule has 0 spiro atoms. The summed E-state index contributed by atoms with van der Waals surface area (Å²) in [5.74, 6) is 2.88. The zero-order valence-electron chi connectivity index (χ0n) is 16.3. The highest BCUT2D eigenvalue weighted by atomic mass is 15.3. The Morgan fingerprint density at radius 2 is 1.92 bits per heavy atom. The van der Waals surface area contributed by atoms with Crippen LogP contribution in [0.25, 0.3) is 0 Å². The first-order valence-electron chi connectivity index (χ1n) is 9.42. The lowest BCUT2D eigenvalue weighted by molar-refractivity contribution is 0.590. The van der Waals surface area contributed by atoms with Crippen LogP contribution in [0, 0.1) is 0 Å². The first kappa shape index (κ1) is 18.4. The maximum atomic E-state index is 4.30. The van der Waals surface area contributed by atoms with Gasteiger partial charge in [0.2, 0.25) is 0 Å².